The van der Waals surface area contributed by atoms with Crippen LogP contribution in [0.3, 0.4) is 0 Å². The first kappa shape index (κ1) is 42.6. The number of H-pyrrole nitrogens is 1. The first-order chi connectivity index (χ1) is 25.8. The first-order valence-corrected chi connectivity index (χ1v) is 17.9. The number of ether oxygens (including phenoxy) is 2. The van der Waals surface area contributed by atoms with Crippen LogP contribution in [0.1, 0.15) is 79.6 Å². The lowest BCUT2D eigenvalue weighted by molar-refractivity contribution is -0.119. The van der Waals surface area contributed by atoms with E-state index < -0.39 is 11.5 Å². The van der Waals surface area contributed by atoms with Gasteiger partial charge in [-0.2, -0.15) is 0 Å². The molecule has 6 aromatic rings. The number of amides is 2. The smallest absolute Gasteiger partial charge is 0.421 e. The standard InChI is InChI=1S/C21H25N3O4.C20H23N3O4.CH4/c1-10(2)20(25)23-16-12(4)11(3)13(5)17(14(16)6)27-15-8-9-22-19-18(15)28-21(26)24(19)7;1-9(2)19(24)22-15-11(4)10(3)12(5)16(13(15)6)26-14-7-8-21-18-17(14)27-20(25)23-18;/h8-10H,1-7H3,(H,23,25);7-9H,1-6H3,(H,22,24)(H,21,23,25);1H4. The number of nitrogens with zero attached hydrogens (tertiary/aromatic N) is 3. The van der Waals surface area contributed by atoms with E-state index in [-0.39, 0.29) is 36.7 Å². The van der Waals surface area contributed by atoms with Crippen LogP contribution in [0.2, 0.25) is 0 Å². The lowest BCUT2D eigenvalue weighted by Crippen LogP contribution is -2.19. The SMILES string of the molecule is C.Cc1c(C)c(NC(=O)C(C)C)c(C)c(Oc2ccnc3[nH]c(=O)oc23)c1C.Cc1c(C)c(NC(=O)C(C)C)c(C)c(Oc2ccnc3c2oc(=O)n3C)c1C. The van der Waals surface area contributed by atoms with Crippen molar-refractivity contribution in [2.75, 3.05) is 10.6 Å². The predicted molar refractivity (Wildman–Crippen MR) is 218 cm³/mol. The molecule has 0 aliphatic rings. The molecule has 0 spiro atoms. The fourth-order valence-corrected chi connectivity index (χ4v) is 6.06. The van der Waals surface area contributed by atoms with Crippen LogP contribution >= 0.6 is 0 Å². The monoisotopic (exact) mass is 768 g/mol. The van der Waals surface area contributed by atoms with Crippen molar-refractivity contribution in [2.45, 2.75) is 90.5 Å². The maximum absolute atomic E-state index is 12.3. The Balaban J connectivity index is 0.000000244. The van der Waals surface area contributed by atoms with Crippen LogP contribution in [0, 0.1) is 67.2 Å². The van der Waals surface area contributed by atoms with Crippen LogP contribution in [0.4, 0.5) is 11.4 Å². The Bertz CT molecular complexity index is 2590. The number of anilines is 2. The Morgan fingerprint density at radius 1 is 0.661 bits per heavy atom. The number of aromatic nitrogens is 4. The summed E-state index contributed by atoms with van der Waals surface area (Å²) in [4.78, 5) is 58.7. The van der Waals surface area contributed by atoms with Crippen LogP contribution in [0.25, 0.3) is 22.5 Å². The Morgan fingerprint density at radius 3 is 1.57 bits per heavy atom. The maximum Gasteiger partial charge on any atom is 0.421 e. The van der Waals surface area contributed by atoms with Crippen molar-refractivity contribution in [1.29, 1.82) is 0 Å². The normalized spacial score (nSPS) is 11.1. The van der Waals surface area contributed by atoms with Crippen molar-refractivity contribution in [3.8, 4) is 23.0 Å². The molecular formula is C42H52N6O8. The Morgan fingerprint density at radius 2 is 1.11 bits per heavy atom. The van der Waals surface area contributed by atoms with Gasteiger partial charge in [-0.05, 0) is 88.8 Å². The lowest BCUT2D eigenvalue weighted by Gasteiger charge is -2.21. The summed E-state index contributed by atoms with van der Waals surface area (Å²) in [6, 6.07) is 3.30. The number of rotatable bonds is 8. The molecule has 14 heteroatoms. The molecule has 3 N–H and O–H groups in total. The number of hydrogen-bond donors (Lipinski definition) is 3. The third kappa shape index (κ3) is 8.09. The number of hydrogen-bond acceptors (Lipinski definition) is 10. The number of oxazole rings is 2. The zero-order valence-electron chi connectivity index (χ0n) is 33.6. The van der Waals surface area contributed by atoms with Crippen molar-refractivity contribution in [3.05, 3.63) is 90.1 Å². The molecule has 298 valence electrons. The van der Waals surface area contributed by atoms with E-state index in [0.717, 1.165) is 55.9 Å². The number of fused-ring (bicyclic) bond motifs is 2. The third-order valence-corrected chi connectivity index (χ3v) is 10.00. The molecule has 4 heterocycles. The van der Waals surface area contributed by atoms with Gasteiger partial charge in [-0.1, -0.05) is 35.1 Å². The van der Waals surface area contributed by atoms with Crippen LogP contribution in [-0.4, -0.2) is 31.3 Å². The highest BCUT2D eigenvalue weighted by atomic mass is 16.5. The number of carbonyl (C=O) groups excluding carboxylic acids is 2. The summed E-state index contributed by atoms with van der Waals surface area (Å²) in [7, 11) is 1.59. The fourth-order valence-electron chi connectivity index (χ4n) is 6.06. The molecule has 56 heavy (non-hydrogen) atoms. The third-order valence-electron chi connectivity index (χ3n) is 10.00. The molecule has 0 unspecified atom stereocenters. The number of pyridine rings is 2. The number of carbonyl (C=O) groups is 2. The number of aromatic amines is 1. The molecule has 14 nitrogen and oxygen atoms in total. The largest absolute Gasteiger partial charge is 0.453 e. The van der Waals surface area contributed by atoms with Gasteiger partial charge in [0.2, 0.25) is 23.0 Å². The fraction of sp³-hybridized carbons (Fsp3) is 0.381. The van der Waals surface area contributed by atoms with Crippen molar-refractivity contribution >= 4 is 45.6 Å². The Labute approximate surface area is 325 Å². The molecule has 0 saturated carbocycles. The molecule has 2 aromatic carbocycles. The molecule has 0 saturated heterocycles. The molecule has 6 rings (SSSR count). The summed E-state index contributed by atoms with van der Waals surface area (Å²) >= 11 is 0. The summed E-state index contributed by atoms with van der Waals surface area (Å²) in [6.07, 6.45) is 3.11. The van der Waals surface area contributed by atoms with E-state index in [1.54, 1.807) is 25.4 Å². The summed E-state index contributed by atoms with van der Waals surface area (Å²) < 4.78 is 24.1. The van der Waals surface area contributed by atoms with Crippen LogP contribution in [0.15, 0.2) is 42.9 Å². The van der Waals surface area contributed by atoms with Gasteiger partial charge in [0.05, 0.1) is 11.4 Å². The predicted octanol–water partition coefficient (Wildman–Crippen LogP) is 8.92. The highest BCUT2D eigenvalue weighted by Gasteiger charge is 2.23. The molecule has 0 radical (unpaired) electrons. The molecule has 0 aliphatic heterocycles. The Hall–Kier alpha value is -6.18. The van der Waals surface area contributed by atoms with Gasteiger partial charge >= 0.3 is 11.5 Å². The average molecular weight is 769 g/mol. The summed E-state index contributed by atoms with van der Waals surface area (Å²) in [5.74, 6) is 0.553. The molecular weight excluding hydrogens is 716 g/mol. The number of benzene rings is 2. The molecule has 2 amide bonds. The van der Waals surface area contributed by atoms with Gasteiger partial charge in [-0.25, -0.2) is 19.6 Å². The van der Waals surface area contributed by atoms with Gasteiger partial charge in [0.15, 0.2) is 22.8 Å². The molecule has 0 bridgehead atoms. The van der Waals surface area contributed by atoms with Crippen LogP contribution < -0.4 is 31.6 Å². The van der Waals surface area contributed by atoms with E-state index >= 15 is 0 Å². The van der Waals surface area contributed by atoms with Gasteiger partial charge in [-0.15, -0.1) is 0 Å². The van der Waals surface area contributed by atoms with E-state index in [1.807, 2.05) is 83.1 Å². The average Bonchev–Trinajstić information content (AvgIpc) is 3.68. The van der Waals surface area contributed by atoms with E-state index in [2.05, 4.69) is 25.6 Å². The van der Waals surface area contributed by atoms with Crippen molar-refractivity contribution in [2.24, 2.45) is 18.9 Å². The minimum atomic E-state index is -0.591. The second-order valence-corrected chi connectivity index (χ2v) is 14.3. The second kappa shape index (κ2) is 16.7. The van der Waals surface area contributed by atoms with E-state index in [1.165, 1.54) is 10.8 Å². The molecule has 0 atom stereocenters. The van der Waals surface area contributed by atoms with Gasteiger partial charge in [0.1, 0.15) is 11.5 Å². The second-order valence-electron chi connectivity index (χ2n) is 14.3. The summed E-state index contributed by atoms with van der Waals surface area (Å²) in [5, 5.41) is 6.02. The van der Waals surface area contributed by atoms with Crippen molar-refractivity contribution in [1.82, 2.24) is 19.5 Å². The minimum Gasteiger partial charge on any atom is -0.453 e. The number of aryl methyl sites for hydroxylation is 1. The van der Waals surface area contributed by atoms with Crippen molar-refractivity contribution < 1.29 is 27.9 Å². The van der Waals surface area contributed by atoms with Gasteiger partial charge < -0.3 is 28.9 Å². The minimum absolute atomic E-state index is 0. The summed E-state index contributed by atoms with van der Waals surface area (Å²) in [6.45, 7) is 23.1. The molecule has 4 aromatic heterocycles. The van der Waals surface area contributed by atoms with Gasteiger partial charge in [-0.3, -0.25) is 19.1 Å². The number of nitrogens with one attached hydrogen (secondary N) is 3. The van der Waals surface area contributed by atoms with E-state index in [9.17, 15) is 19.2 Å². The van der Waals surface area contributed by atoms with Crippen molar-refractivity contribution in [3.63, 3.8) is 0 Å². The van der Waals surface area contributed by atoms with Gasteiger partial charge in [0.25, 0.3) is 0 Å². The zero-order chi connectivity index (χ0) is 40.6. The maximum atomic E-state index is 12.3. The quantitative estimate of drug-likeness (QED) is 0.135. The zero-order valence-corrected chi connectivity index (χ0v) is 33.6. The first-order valence-electron chi connectivity index (χ1n) is 17.9. The van der Waals surface area contributed by atoms with E-state index in [0.29, 0.717) is 39.9 Å². The topological polar surface area (TPSA) is 184 Å². The molecule has 0 aliphatic carbocycles. The van der Waals surface area contributed by atoms with Crippen LogP contribution in [0.5, 0.6) is 23.0 Å². The lowest BCUT2D eigenvalue weighted by atomic mass is 9.96. The summed E-state index contributed by atoms with van der Waals surface area (Å²) in [5.41, 5.74) is 10.4. The highest BCUT2D eigenvalue weighted by Crippen LogP contribution is 2.41. The highest BCUT2D eigenvalue weighted by molar-refractivity contribution is 5.95. The van der Waals surface area contributed by atoms with Crippen LogP contribution in [-0.2, 0) is 16.6 Å². The molecule has 0 fully saturated rings. The Kier molecular flexibility index (Phi) is 12.7. The van der Waals surface area contributed by atoms with E-state index in [4.69, 9.17) is 18.3 Å². The van der Waals surface area contributed by atoms with Gasteiger partial charge in [0, 0.05) is 54.5 Å².